The Kier molecular flexibility index (Phi) is 5.25. The summed E-state index contributed by atoms with van der Waals surface area (Å²) in [6.07, 6.45) is -0.681. The van der Waals surface area contributed by atoms with Gasteiger partial charge in [0.15, 0.2) is 11.5 Å². The number of aliphatic hydroxyl groups excluding tert-OH is 1. The Labute approximate surface area is 163 Å². The first-order valence-electron chi connectivity index (χ1n) is 9.47. The van der Waals surface area contributed by atoms with E-state index in [1.54, 1.807) is 24.1 Å². The van der Waals surface area contributed by atoms with Gasteiger partial charge in [-0.3, -0.25) is 4.79 Å². The minimum Gasteiger partial charge on any atom is -0.486 e. The van der Waals surface area contributed by atoms with Gasteiger partial charge >= 0.3 is 0 Å². The first kappa shape index (κ1) is 18.4. The van der Waals surface area contributed by atoms with Gasteiger partial charge in [-0.15, -0.1) is 0 Å². The van der Waals surface area contributed by atoms with Crippen molar-refractivity contribution in [2.75, 3.05) is 38.7 Å². The average molecular weight is 384 g/mol. The van der Waals surface area contributed by atoms with Gasteiger partial charge in [0.25, 0.3) is 5.91 Å². The van der Waals surface area contributed by atoms with E-state index in [1.807, 2.05) is 30.3 Å². The van der Waals surface area contributed by atoms with Crippen molar-refractivity contribution >= 4 is 11.6 Å². The van der Waals surface area contributed by atoms with Crippen molar-refractivity contribution in [1.29, 1.82) is 0 Å². The largest absolute Gasteiger partial charge is 0.486 e. The number of ether oxygens (including phenoxy) is 3. The van der Waals surface area contributed by atoms with Crippen LogP contribution < -0.4 is 19.5 Å². The van der Waals surface area contributed by atoms with Gasteiger partial charge in [-0.05, 0) is 24.3 Å². The number of aliphatic hydroxyl groups is 1. The van der Waals surface area contributed by atoms with E-state index in [9.17, 15) is 9.90 Å². The quantitative estimate of drug-likeness (QED) is 0.841. The second-order valence-electron chi connectivity index (χ2n) is 6.84. The summed E-state index contributed by atoms with van der Waals surface area (Å²) in [5, 5.41) is 13.7. The van der Waals surface area contributed by atoms with Gasteiger partial charge in [0.1, 0.15) is 25.4 Å². The molecule has 1 saturated heterocycles. The number of carbonyl (C=O) groups is 1. The highest BCUT2D eigenvalue weighted by Crippen LogP contribution is 2.40. The lowest BCUT2D eigenvalue weighted by Gasteiger charge is -2.36. The number of rotatable bonds is 4. The zero-order valence-electron chi connectivity index (χ0n) is 15.8. The van der Waals surface area contributed by atoms with Gasteiger partial charge in [0.05, 0.1) is 12.1 Å². The van der Waals surface area contributed by atoms with Crippen LogP contribution in [-0.4, -0.2) is 61.5 Å². The van der Waals surface area contributed by atoms with Crippen molar-refractivity contribution in [3.8, 4) is 17.2 Å². The van der Waals surface area contributed by atoms with Gasteiger partial charge in [0.2, 0.25) is 5.75 Å². The lowest BCUT2D eigenvalue weighted by Crippen LogP contribution is -2.51. The van der Waals surface area contributed by atoms with E-state index in [2.05, 4.69) is 5.32 Å². The Morgan fingerprint density at radius 1 is 1.18 bits per heavy atom. The molecule has 2 heterocycles. The fourth-order valence-electron chi connectivity index (χ4n) is 3.59. The van der Waals surface area contributed by atoms with Crippen LogP contribution in [0.4, 0.5) is 5.69 Å². The van der Waals surface area contributed by atoms with Crippen molar-refractivity contribution in [2.45, 2.75) is 18.6 Å². The molecule has 0 radical (unpaired) electrons. The van der Waals surface area contributed by atoms with Crippen LogP contribution in [0.25, 0.3) is 0 Å². The van der Waals surface area contributed by atoms with E-state index in [0.717, 1.165) is 5.69 Å². The molecule has 2 aromatic carbocycles. The molecule has 2 aromatic rings. The molecule has 4 rings (SSSR count). The van der Waals surface area contributed by atoms with E-state index in [1.165, 1.54) is 0 Å². The highest BCUT2D eigenvalue weighted by Gasteiger charge is 2.33. The van der Waals surface area contributed by atoms with Crippen LogP contribution in [0.5, 0.6) is 17.2 Å². The van der Waals surface area contributed by atoms with E-state index < -0.39 is 12.2 Å². The summed E-state index contributed by atoms with van der Waals surface area (Å²) in [5.74, 6) is 1.68. The van der Waals surface area contributed by atoms with Crippen molar-refractivity contribution in [3.05, 3.63) is 48.0 Å². The number of piperidine rings is 1. The minimum atomic E-state index is -0.792. The number of carbonyl (C=O) groups excluding carboxylic acids is 1. The number of hydrogen-bond acceptors (Lipinski definition) is 6. The highest BCUT2D eigenvalue weighted by atomic mass is 16.6. The third-order valence-corrected chi connectivity index (χ3v) is 5.04. The van der Waals surface area contributed by atoms with Crippen LogP contribution in [-0.2, 0) is 0 Å². The topological polar surface area (TPSA) is 80.3 Å². The molecule has 148 valence electrons. The fraction of sp³-hybridized carbons (Fsp3) is 0.381. The molecule has 0 spiro atoms. The molecule has 0 aliphatic carbocycles. The maximum atomic E-state index is 12.9. The number of para-hydroxylation sites is 2. The van der Waals surface area contributed by atoms with Crippen LogP contribution in [0.15, 0.2) is 42.5 Å². The Balaban J connectivity index is 1.44. The summed E-state index contributed by atoms with van der Waals surface area (Å²) in [5.41, 5.74) is 1.37. The van der Waals surface area contributed by atoms with E-state index in [4.69, 9.17) is 14.2 Å². The van der Waals surface area contributed by atoms with Crippen molar-refractivity contribution in [1.82, 2.24) is 4.90 Å². The molecule has 2 aliphatic heterocycles. The second kappa shape index (κ2) is 7.98. The Morgan fingerprint density at radius 2 is 2.00 bits per heavy atom. The monoisotopic (exact) mass is 384 g/mol. The molecule has 7 heteroatoms. The molecule has 0 unspecified atom stereocenters. The summed E-state index contributed by atoms with van der Waals surface area (Å²) < 4.78 is 17.3. The van der Waals surface area contributed by atoms with E-state index in [0.29, 0.717) is 49.0 Å². The molecule has 2 N–H and O–H groups in total. The normalized spacial score (nSPS) is 21.1. The lowest BCUT2D eigenvalue weighted by atomic mass is 10.0. The second-order valence-corrected chi connectivity index (χ2v) is 6.84. The Bertz CT molecular complexity index is 856. The van der Waals surface area contributed by atoms with Crippen molar-refractivity contribution in [2.24, 2.45) is 0 Å². The summed E-state index contributed by atoms with van der Waals surface area (Å²) >= 11 is 0. The van der Waals surface area contributed by atoms with E-state index >= 15 is 0 Å². The molecule has 2 atom stereocenters. The third kappa shape index (κ3) is 3.57. The summed E-state index contributed by atoms with van der Waals surface area (Å²) in [6, 6.07) is 12.8. The molecule has 1 amide bonds. The molecule has 7 nitrogen and oxygen atoms in total. The number of likely N-dealkylation sites (tertiary alicyclic amines) is 1. The number of benzene rings is 2. The molecule has 2 aliphatic rings. The standard InChI is InChI=1S/C21H24N2O5/c1-22-15-6-3-2-5-14(15)21(25)23-10-9-17(16(24)13-23)28-19-8-4-7-18-20(19)27-12-11-26-18/h2-8,16-17,22,24H,9-13H2,1H3/t16-,17-/m1/s1. The summed E-state index contributed by atoms with van der Waals surface area (Å²) in [4.78, 5) is 14.5. The smallest absolute Gasteiger partial charge is 0.256 e. The first-order chi connectivity index (χ1) is 13.7. The average Bonchev–Trinajstić information content (AvgIpc) is 2.75. The molecular weight excluding hydrogens is 360 g/mol. The predicted molar refractivity (Wildman–Crippen MR) is 104 cm³/mol. The molecular formula is C21H24N2O5. The van der Waals surface area contributed by atoms with Gasteiger partial charge < -0.3 is 29.5 Å². The van der Waals surface area contributed by atoms with Crippen molar-refractivity contribution < 1.29 is 24.1 Å². The van der Waals surface area contributed by atoms with Crippen LogP contribution in [0.2, 0.25) is 0 Å². The highest BCUT2D eigenvalue weighted by molar-refractivity contribution is 5.99. The SMILES string of the molecule is CNc1ccccc1C(=O)N1CC[C@@H](Oc2cccc3c2OCCO3)[C@H](O)C1. The predicted octanol–water partition coefficient (Wildman–Crippen LogP) is 2.15. The van der Waals surface area contributed by atoms with Crippen LogP contribution in [0.1, 0.15) is 16.8 Å². The molecule has 1 fully saturated rings. The number of nitrogens with zero attached hydrogens (tertiary/aromatic N) is 1. The van der Waals surface area contributed by atoms with Gasteiger partial charge in [-0.2, -0.15) is 0 Å². The zero-order chi connectivity index (χ0) is 19.5. The van der Waals surface area contributed by atoms with Gasteiger partial charge in [0, 0.05) is 25.7 Å². The molecule has 0 bridgehead atoms. The fourth-order valence-corrected chi connectivity index (χ4v) is 3.59. The van der Waals surface area contributed by atoms with E-state index in [-0.39, 0.29) is 12.5 Å². The third-order valence-electron chi connectivity index (χ3n) is 5.04. The number of β-amino-alcohol motifs (C(OH)–C–C–N with tert-alkyl or cyclic N) is 1. The Hall–Kier alpha value is -2.93. The maximum Gasteiger partial charge on any atom is 0.256 e. The Morgan fingerprint density at radius 3 is 2.82 bits per heavy atom. The number of amides is 1. The van der Waals surface area contributed by atoms with Gasteiger partial charge in [-0.1, -0.05) is 18.2 Å². The first-order valence-corrected chi connectivity index (χ1v) is 9.47. The molecule has 0 aromatic heterocycles. The maximum absolute atomic E-state index is 12.9. The lowest BCUT2D eigenvalue weighted by molar-refractivity contribution is -0.0214. The number of fused-ring (bicyclic) bond motifs is 1. The molecule has 0 saturated carbocycles. The molecule has 28 heavy (non-hydrogen) atoms. The van der Waals surface area contributed by atoms with Crippen LogP contribution in [0, 0.1) is 0 Å². The number of anilines is 1. The van der Waals surface area contributed by atoms with Gasteiger partial charge in [-0.25, -0.2) is 0 Å². The summed E-state index contributed by atoms with van der Waals surface area (Å²) in [6.45, 7) is 1.69. The number of hydrogen-bond donors (Lipinski definition) is 2. The summed E-state index contributed by atoms with van der Waals surface area (Å²) in [7, 11) is 1.79. The van der Waals surface area contributed by atoms with Crippen LogP contribution in [0.3, 0.4) is 0 Å². The minimum absolute atomic E-state index is 0.101. The van der Waals surface area contributed by atoms with Crippen LogP contribution >= 0.6 is 0 Å². The number of nitrogens with one attached hydrogen (secondary N) is 1. The van der Waals surface area contributed by atoms with Crippen molar-refractivity contribution in [3.63, 3.8) is 0 Å². The zero-order valence-corrected chi connectivity index (χ0v) is 15.8.